The van der Waals surface area contributed by atoms with E-state index in [9.17, 15) is 5.11 Å². The van der Waals surface area contributed by atoms with Gasteiger partial charge in [0.25, 0.3) is 0 Å². The molecule has 5 nitrogen and oxygen atoms in total. The molecule has 0 radical (unpaired) electrons. The summed E-state index contributed by atoms with van der Waals surface area (Å²) in [7, 11) is 0. The topological polar surface area (TPSA) is 75.3 Å². The van der Waals surface area contributed by atoms with Gasteiger partial charge in [0.2, 0.25) is 0 Å². The van der Waals surface area contributed by atoms with E-state index in [1.54, 1.807) is 11.3 Å². The van der Waals surface area contributed by atoms with Crippen LogP contribution in [0, 0.1) is 13.8 Å². The van der Waals surface area contributed by atoms with Crippen molar-refractivity contribution < 1.29 is 5.11 Å². The summed E-state index contributed by atoms with van der Waals surface area (Å²) < 4.78 is 0. The van der Waals surface area contributed by atoms with E-state index in [0.29, 0.717) is 12.4 Å². The molecule has 0 saturated carbocycles. The highest BCUT2D eigenvalue weighted by Gasteiger charge is 2.25. The Hall–Kier alpha value is -1.24. The van der Waals surface area contributed by atoms with Crippen LogP contribution in [-0.4, -0.2) is 39.2 Å². The Bertz CT molecular complexity index is 669. The van der Waals surface area contributed by atoms with E-state index in [2.05, 4.69) is 30.7 Å². The van der Waals surface area contributed by atoms with E-state index >= 15 is 0 Å². The van der Waals surface area contributed by atoms with Gasteiger partial charge in [0.05, 0.1) is 17.5 Å². The quantitative estimate of drug-likeness (QED) is 0.891. The van der Waals surface area contributed by atoms with Gasteiger partial charge in [-0.2, -0.15) is 0 Å². The van der Waals surface area contributed by atoms with E-state index < -0.39 is 0 Å². The maximum absolute atomic E-state index is 9.84. The minimum Gasteiger partial charge on any atom is -0.392 e. The van der Waals surface area contributed by atoms with Gasteiger partial charge in [-0.15, -0.1) is 11.3 Å². The second-order valence-corrected chi connectivity index (χ2v) is 7.10. The van der Waals surface area contributed by atoms with Crippen LogP contribution in [0.2, 0.25) is 0 Å². The molecule has 0 amide bonds. The lowest BCUT2D eigenvalue weighted by Crippen LogP contribution is -2.40. The molecule has 114 valence electrons. The molecule has 3 heterocycles. The molecule has 2 aromatic rings. The molecule has 0 aliphatic carbocycles. The van der Waals surface area contributed by atoms with Crippen molar-refractivity contribution >= 4 is 27.4 Å². The van der Waals surface area contributed by atoms with Gasteiger partial charge in [0.15, 0.2) is 0 Å². The first kappa shape index (κ1) is 14.7. The number of β-amino-alcohol motifs (C(OH)–C–C–N with tert-alkyl or cyclic N) is 1. The maximum atomic E-state index is 9.84. The number of likely N-dealkylation sites (tertiary alicyclic amines) is 1. The predicted molar refractivity (Wildman–Crippen MR) is 86.5 cm³/mol. The normalized spacial score (nSPS) is 21.8. The highest BCUT2D eigenvalue weighted by atomic mass is 32.1. The minimum absolute atomic E-state index is 0.0781. The Morgan fingerprint density at radius 1 is 1.38 bits per heavy atom. The SMILES string of the molecule is Cc1sc2nc([C@H](C)N3CCC[C@@H](O)C3)nc(N)c2c1C. The summed E-state index contributed by atoms with van der Waals surface area (Å²) in [5.41, 5.74) is 7.33. The van der Waals surface area contributed by atoms with Gasteiger partial charge < -0.3 is 10.8 Å². The summed E-state index contributed by atoms with van der Waals surface area (Å²) in [6.45, 7) is 7.90. The van der Waals surface area contributed by atoms with E-state index in [-0.39, 0.29) is 12.1 Å². The first-order valence-corrected chi connectivity index (χ1v) is 8.24. The number of hydrogen-bond acceptors (Lipinski definition) is 6. The third-order valence-electron chi connectivity index (χ3n) is 4.42. The van der Waals surface area contributed by atoms with Gasteiger partial charge >= 0.3 is 0 Å². The Balaban J connectivity index is 1.96. The van der Waals surface area contributed by atoms with Crippen molar-refractivity contribution in [2.24, 2.45) is 0 Å². The number of aliphatic hydroxyl groups excluding tert-OH is 1. The molecule has 0 unspecified atom stereocenters. The van der Waals surface area contributed by atoms with E-state index in [0.717, 1.165) is 35.4 Å². The van der Waals surface area contributed by atoms with Crippen LogP contribution in [0.1, 0.15) is 42.1 Å². The number of nitrogens with two attached hydrogens (primary N) is 1. The molecular formula is C15H22N4OS. The molecule has 1 saturated heterocycles. The lowest BCUT2D eigenvalue weighted by Gasteiger charge is -2.34. The van der Waals surface area contributed by atoms with Crippen molar-refractivity contribution in [2.45, 2.75) is 45.8 Å². The number of piperidine rings is 1. The first-order chi connectivity index (χ1) is 9.97. The number of fused-ring (bicyclic) bond motifs is 1. The van der Waals surface area contributed by atoms with Crippen LogP contribution < -0.4 is 5.73 Å². The monoisotopic (exact) mass is 306 g/mol. The molecule has 6 heteroatoms. The molecule has 2 aromatic heterocycles. The number of thiophene rings is 1. The van der Waals surface area contributed by atoms with Gasteiger partial charge in [0.1, 0.15) is 16.5 Å². The summed E-state index contributed by atoms with van der Waals surface area (Å²) in [5, 5.41) is 10.8. The largest absolute Gasteiger partial charge is 0.392 e. The first-order valence-electron chi connectivity index (χ1n) is 7.42. The fraction of sp³-hybridized carbons (Fsp3) is 0.600. The van der Waals surface area contributed by atoms with Gasteiger partial charge in [0, 0.05) is 11.4 Å². The van der Waals surface area contributed by atoms with Crippen LogP contribution in [0.5, 0.6) is 0 Å². The number of nitrogens with zero attached hydrogens (tertiary/aromatic N) is 3. The highest BCUT2D eigenvalue weighted by Crippen LogP contribution is 2.33. The number of anilines is 1. The Morgan fingerprint density at radius 2 is 2.14 bits per heavy atom. The maximum Gasteiger partial charge on any atom is 0.149 e. The van der Waals surface area contributed by atoms with E-state index in [1.807, 2.05) is 0 Å². The average Bonchev–Trinajstić information content (AvgIpc) is 2.73. The van der Waals surface area contributed by atoms with Gasteiger partial charge in [-0.3, -0.25) is 4.90 Å². The minimum atomic E-state index is -0.242. The highest BCUT2D eigenvalue weighted by molar-refractivity contribution is 7.18. The number of aryl methyl sites for hydroxylation is 2. The lowest BCUT2D eigenvalue weighted by molar-refractivity contribution is 0.0485. The summed E-state index contributed by atoms with van der Waals surface area (Å²) in [5.74, 6) is 1.33. The fourth-order valence-corrected chi connectivity index (χ4v) is 4.03. The molecule has 3 N–H and O–H groups in total. The molecule has 3 rings (SSSR count). The van der Waals surface area contributed by atoms with E-state index in [4.69, 9.17) is 10.7 Å². The molecule has 0 bridgehead atoms. The summed E-state index contributed by atoms with van der Waals surface area (Å²) >= 11 is 1.67. The molecule has 0 aromatic carbocycles. The Labute approximate surface area is 128 Å². The molecule has 2 atom stereocenters. The zero-order valence-electron chi connectivity index (χ0n) is 12.8. The molecule has 1 aliphatic heterocycles. The molecule has 1 fully saturated rings. The zero-order chi connectivity index (χ0) is 15.1. The van der Waals surface area contributed by atoms with Crippen molar-refractivity contribution in [3.05, 3.63) is 16.3 Å². The van der Waals surface area contributed by atoms with Crippen molar-refractivity contribution in [3.8, 4) is 0 Å². The predicted octanol–water partition coefficient (Wildman–Crippen LogP) is 2.41. The van der Waals surface area contributed by atoms with Crippen LogP contribution in [0.25, 0.3) is 10.2 Å². The van der Waals surface area contributed by atoms with Crippen molar-refractivity contribution in [1.29, 1.82) is 0 Å². The lowest BCUT2D eigenvalue weighted by atomic mass is 10.1. The molecule has 21 heavy (non-hydrogen) atoms. The van der Waals surface area contributed by atoms with Crippen molar-refractivity contribution in [2.75, 3.05) is 18.8 Å². The number of hydrogen-bond donors (Lipinski definition) is 2. The van der Waals surface area contributed by atoms with E-state index in [1.165, 1.54) is 10.4 Å². The number of aromatic nitrogens is 2. The number of nitrogen functional groups attached to an aromatic ring is 1. The average molecular weight is 306 g/mol. The molecule has 1 aliphatic rings. The van der Waals surface area contributed by atoms with Crippen molar-refractivity contribution in [1.82, 2.24) is 14.9 Å². The third kappa shape index (κ3) is 2.63. The van der Waals surface area contributed by atoms with Crippen LogP contribution in [0.4, 0.5) is 5.82 Å². The third-order valence-corrected chi connectivity index (χ3v) is 5.52. The van der Waals surface area contributed by atoms with Crippen LogP contribution in [-0.2, 0) is 0 Å². The summed E-state index contributed by atoms with van der Waals surface area (Å²) in [4.78, 5) is 13.7. The molecular weight excluding hydrogens is 284 g/mol. The number of aliphatic hydroxyl groups is 1. The van der Waals surface area contributed by atoms with Crippen LogP contribution in [0.3, 0.4) is 0 Å². The van der Waals surface area contributed by atoms with Gasteiger partial charge in [-0.1, -0.05) is 0 Å². The van der Waals surface area contributed by atoms with Crippen LogP contribution >= 0.6 is 11.3 Å². The second-order valence-electron chi connectivity index (χ2n) is 5.90. The van der Waals surface area contributed by atoms with Gasteiger partial charge in [-0.05, 0) is 45.7 Å². The Kier molecular flexibility index (Phi) is 3.86. The van der Waals surface area contributed by atoms with Crippen molar-refractivity contribution in [3.63, 3.8) is 0 Å². The zero-order valence-corrected chi connectivity index (χ0v) is 13.6. The fourth-order valence-electron chi connectivity index (χ4n) is 2.98. The molecule has 0 spiro atoms. The summed E-state index contributed by atoms with van der Waals surface area (Å²) in [6.07, 6.45) is 1.66. The van der Waals surface area contributed by atoms with Gasteiger partial charge in [-0.25, -0.2) is 9.97 Å². The van der Waals surface area contributed by atoms with Crippen LogP contribution in [0.15, 0.2) is 0 Å². The smallest absolute Gasteiger partial charge is 0.149 e. The Morgan fingerprint density at radius 3 is 2.86 bits per heavy atom. The number of rotatable bonds is 2. The summed E-state index contributed by atoms with van der Waals surface area (Å²) in [6, 6.07) is 0.0781. The standard InChI is InChI=1S/C15H22N4OS/c1-8-10(3)21-15-12(8)13(16)17-14(18-15)9(2)19-6-4-5-11(20)7-19/h9,11,20H,4-7H2,1-3H3,(H2,16,17,18)/t9-,11+/m0/s1. The second kappa shape index (κ2) is 5.51.